The van der Waals surface area contributed by atoms with E-state index in [4.69, 9.17) is 5.73 Å². The molecule has 0 unspecified atom stereocenters. The van der Waals surface area contributed by atoms with E-state index in [1.54, 1.807) is 0 Å². The molecule has 1 saturated heterocycles. The Hall–Kier alpha value is -1.39. The molecule has 1 aromatic rings. The summed E-state index contributed by atoms with van der Waals surface area (Å²) in [6, 6.07) is 9.97. The van der Waals surface area contributed by atoms with Crippen molar-refractivity contribution in [2.75, 3.05) is 26.7 Å². The molecular weight excluding hydrogens is 286 g/mol. The van der Waals surface area contributed by atoms with Crippen LogP contribution >= 0.6 is 0 Å². The molecule has 0 aliphatic carbocycles. The molecule has 128 valence electrons. The largest absolute Gasteiger partial charge is 0.342 e. The Labute approximate surface area is 140 Å². The van der Waals surface area contributed by atoms with E-state index in [0.717, 1.165) is 31.6 Å². The molecule has 0 aromatic heterocycles. The third-order valence-electron chi connectivity index (χ3n) is 5.35. The summed E-state index contributed by atoms with van der Waals surface area (Å²) in [6.45, 7) is 9.62. The van der Waals surface area contributed by atoms with E-state index in [2.05, 4.69) is 18.7 Å². The summed E-state index contributed by atoms with van der Waals surface area (Å²) < 4.78 is 0. The van der Waals surface area contributed by atoms with Crippen LogP contribution in [0.4, 0.5) is 0 Å². The van der Waals surface area contributed by atoms with Crippen molar-refractivity contribution in [3.8, 4) is 0 Å². The van der Waals surface area contributed by atoms with E-state index >= 15 is 0 Å². The number of piperidine rings is 1. The number of rotatable bonds is 5. The molecule has 0 radical (unpaired) electrons. The second-order valence-electron chi connectivity index (χ2n) is 6.90. The minimum atomic E-state index is -0.253. The summed E-state index contributed by atoms with van der Waals surface area (Å²) in [6.07, 6.45) is 1.05. The Bertz CT molecular complexity index is 505. The molecular formula is C19H31N3O. The second-order valence-corrected chi connectivity index (χ2v) is 6.90. The van der Waals surface area contributed by atoms with Crippen LogP contribution in [0, 0.1) is 11.8 Å². The average molecular weight is 317 g/mol. The van der Waals surface area contributed by atoms with Gasteiger partial charge in [0.05, 0.1) is 5.92 Å². The molecule has 4 atom stereocenters. The van der Waals surface area contributed by atoms with Gasteiger partial charge in [-0.2, -0.15) is 0 Å². The van der Waals surface area contributed by atoms with Crippen LogP contribution in [0.3, 0.4) is 0 Å². The lowest BCUT2D eigenvalue weighted by Crippen LogP contribution is -2.52. The van der Waals surface area contributed by atoms with Crippen molar-refractivity contribution in [1.29, 1.82) is 0 Å². The summed E-state index contributed by atoms with van der Waals surface area (Å²) in [7, 11) is 1.94. The molecule has 1 amide bonds. The maximum Gasteiger partial charge on any atom is 0.227 e. The van der Waals surface area contributed by atoms with Gasteiger partial charge in [0.1, 0.15) is 0 Å². The molecule has 1 aliphatic heterocycles. The Morgan fingerprint density at radius 2 is 2.04 bits per heavy atom. The van der Waals surface area contributed by atoms with Gasteiger partial charge in [-0.15, -0.1) is 0 Å². The molecule has 2 rings (SSSR count). The topological polar surface area (TPSA) is 49.6 Å². The van der Waals surface area contributed by atoms with Crippen LogP contribution in [0.1, 0.15) is 38.8 Å². The summed E-state index contributed by atoms with van der Waals surface area (Å²) in [4.78, 5) is 17.3. The molecule has 0 saturated carbocycles. The SMILES string of the molecule is CCN1CC[C@H](N(C)C(=O)[C@H](C)[C@H](N)c2ccccc2)[C@@H](C)C1. The number of nitrogens with zero attached hydrogens (tertiary/aromatic N) is 2. The smallest absolute Gasteiger partial charge is 0.227 e. The van der Waals surface area contributed by atoms with Crippen molar-refractivity contribution in [2.24, 2.45) is 17.6 Å². The number of amides is 1. The fourth-order valence-electron chi connectivity index (χ4n) is 3.68. The molecule has 0 bridgehead atoms. The van der Waals surface area contributed by atoms with Gasteiger partial charge in [0.15, 0.2) is 0 Å². The van der Waals surface area contributed by atoms with Crippen molar-refractivity contribution < 1.29 is 4.79 Å². The highest BCUT2D eigenvalue weighted by Crippen LogP contribution is 2.26. The summed E-state index contributed by atoms with van der Waals surface area (Å²) in [5.74, 6) is 0.444. The highest BCUT2D eigenvalue weighted by molar-refractivity contribution is 5.79. The Morgan fingerprint density at radius 1 is 1.39 bits per heavy atom. The van der Waals surface area contributed by atoms with E-state index in [1.165, 1.54) is 0 Å². The molecule has 1 heterocycles. The predicted molar refractivity (Wildman–Crippen MR) is 95.0 cm³/mol. The average Bonchev–Trinajstić information content (AvgIpc) is 2.59. The van der Waals surface area contributed by atoms with Crippen LogP contribution in [-0.2, 0) is 4.79 Å². The third kappa shape index (κ3) is 4.12. The zero-order chi connectivity index (χ0) is 17.0. The first-order valence-electron chi connectivity index (χ1n) is 8.75. The number of hydrogen-bond donors (Lipinski definition) is 1. The van der Waals surface area contributed by atoms with Gasteiger partial charge in [-0.3, -0.25) is 4.79 Å². The third-order valence-corrected chi connectivity index (χ3v) is 5.35. The molecule has 2 N–H and O–H groups in total. The highest BCUT2D eigenvalue weighted by Gasteiger charge is 2.33. The fourth-order valence-corrected chi connectivity index (χ4v) is 3.68. The number of hydrogen-bond acceptors (Lipinski definition) is 3. The lowest BCUT2D eigenvalue weighted by atomic mass is 9.89. The standard InChI is InChI=1S/C19H31N3O/c1-5-22-12-11-17(14(2)13-22)21(4)19(23)15(3)18(20)16-9-7-6-8-10-16/h6-10,14-15,17-18H,5,11-13,20H2,1-4H3/t14-,15+,17-,18-/m0/s1. The summed E-state index contributed by atoms with van der Waals surface area (Å²) >= 11 is 0. The first-order chi connectivity index (χ1) is 11.0. The number of carbonyl (C=O) groups is 1. The molecule has 4 nitrogen and oxygen atoms in total. The van der Waals surface area contributed by atoms with Gasteiger partial charge in [0.25, 0.3) is 0 Å². The van der Waals surface area contributed by atoms with E-state index in [-0.39, 0.29) is 17.9 Å². The number of nitrogens with two attached hydrogens (primary N) is 1. The number of carbonyl (C=O) groups excluding carboxylic acids is 1. The summed E-state index contributed by atoms with van der Waals surface area (Å²) in [5.41, 5.74) is 7.35. The number of benzene rings is 1. The van der Waals surface area contributed by atoms with E-state index in [1.807, 2.05) is 49.2 Å². The van der Waals surface area contributed by atoms with E-state index in [9.17, 15) is 4.79 Å². The van der Waals surface area contributed by atoms with Crippen molar-refractivity contribution >= 4 is 5.91 Å². The van der Waals surface area contributed by atoms with Crippen LogP contribution in [0.15, 0.2) is 30.3 Å². The van der Waals surface area contributed by atoms with E-state index in [0.29, 0.717) is 12.0 Å². The minimum Gasteiger partial charge on any atom is -0.342 e. The van der Waals surface area contributed by atoms with Gasteiger partial charge in [0.2, 0.25) is 5.91 Å². The molecule has 1 fully saturated rings. The zero-order valence-electron chi connectivity index (χ0n) is 14.9. The Morgan fingerprint density at radius 3 is 2.61 bits per heavy atom. The van der Waals surface area contributed by atoms with Crippen molar-refractivity contribution in [2.45, 2.75) is 39.3 Å². The van der Waals surface area contributed by atoms with Crippen LogP contribution < -0.4 is 5.73 Å². The van der Waals surface area contributed by atoms with Crippen LogP contribution in [0.25, 0.3) is 0 Å². The van der Waals surface area contributed by atoms with Crippen LogP contribution in [0.5, 0.6) is 0 Å². The maximum absolute atomic E-state index is 12.9. The van der Waals surface area contributed by atoms with Gasteiger partial charge in [-0.05, 0) is 24.4 Å². The van der Waals surface area contributed by atoms with Gasteiger partial charge in [-0.1, -0.05) is 51.1 Å². The van der Waals surface area contributed by atoms with Crippen molar-refractivity contribution in [3.63, 3.8) is 0 Å². The first kappa shape index (κ1) is 18.0. The quantitative estimate of drug-likeness (QED) is 0.908. The van der Waals surface area contributed by atoms with Gasteiger partial charge in [-0.25, -0.2) is 0 Å². The zero-order valence-corrected chi connectivity index (χ0v) is 14.9. The lowest BCUT2D eigenvalue weighted by Gasteiger charge is -2.42. The van der Waals surface area contributed by atoms with Crippen LogP contribution in [-0.4, -0.2) is 48.4 Å². The van der Waals surface area contributed by atoms with E-state index < -0.39 is 0 Å². The minimum absolute atomic E-state index is 0.156. The Balaban J connectivity index is 2.01. The molecule has 4 heteroatoms. The molecule has 1 aliphatic rings. The Kier molecular flexibility index (Phi) is 6.19. The van der Waals surface area contributed by atoms with Gasteiger partial charge < -0.3 is 15.5 Å². The molecule has 0 spiro atoms. The fraction of sp³-hybridized carbons (Fsp3) is 0.632. The second kappa shape index (κ2) is 7.93. The lowest BCUT2D eigenvalue weighted by molar-refractivity contribution is -0.138. The van der Waals surface area contributed by atoms with Gasteiger partial charge >= 0.3 is 0 Å². The summed E-state index contributed by atoms with van der Waals surface area (Å²) in [5, 5.41) is 0. The maximum atomic E-state index is 12.9. The van der Waals surface area contributed by atoms with Crippen molar-refractivity contribution in [1.82, 2.24) is 9.80 Å². The van der Waals surface area contributed by atoms with Gasteiger partial charge in [0, 0.05) is 32.2 Å². The van der Waals surface area contributed by atoms with Crippen molar-refractivity contribution in [3.05, 3.63) is 35.9 Å². The first-order valence-corrected chi connectivity index (χ1v) is 8.75. The monoisotopic (exact) mass is 317 g/mol. The molecule has 23 heavy (non-hydrogen) atoms. The number of likely N-dealkylation sites (tertiary alicyclic amines) is 1. The van der Waals surface area contributed by atoms with Crippen LogP contribution in [0.2, 0.25) is 0 Å². The molecule has 1 aromatic carbocycles. The predicted octanol–water partition coefficient (Wildman–Crippen LogP) is 2.51. The highest BCUT2D eigenvalue weighted by atomic mass is 16.2. The normalized spacial score (nSPS) is 24.9.